The second-order valence-corrected chi connectivity index (χ2v) is 4.77. The van der Waals surface area contributed by atoms with E-state index >= 15 is 0 Å². The Hall–Kier alpha value is -2.02. The number of fused-ring (bicyclic) bond motifs is 3. The van der Waals surface area contributed by atoms with Crippen molar-refractivity contribution < 1.29 is 4.74 Å². The maximum atomic E-state index is 5.40. The Morgan fingerprint density at radius 1 is 1.06 bits per heavy atom. The van der Waals surface area contributed by atoms with E-state index in [-0.39, 0.29) is 0 Å². The maximum Gasteiger partial charge on any atom is 0.120 e. The Morgan fingerprint density at radius 2 is 1.83 bits per heavy atom. The topological polar surface area (TPSA) is 9.23 Å². The molecule has 89 valence electrons. The summed E-state index contributed by atoms with van der Waals surface area (Å²) in [6.07, 6.45) is 3.50. The van der Waals surface area contributed by atoms with Gasteiger partial charge in [-0.25, -0.2) is 0 Å². The Morgan fingerprint density at radius 3 is 2.56 bits per heavy atom. The highest BCUT2D eigenvalue weighted by Gasteiger charge is 2.14. The molecule has 0 atom stereocenters. The minimum atomic E-state index is 0.906. The van der Waals surface area contributed by atoms with Gasteiger partial charge >= 0.3 is 0 Å². The van der Waals surface area contributed by atoms with Crippen LogP contribution in [0.25, 0.3) is 22.8 Å². The van der Waals surface area contributed by atoms with E-state index in [1.54, 1.807) is 7.11 Å². The zero-order valence-electron chi connectivity index (χ0n) is 10.9. The molecule has 0 unspecified atom stereocenters. The Balaban J connectivity index is 2.46. The molecule has 0 aromatic heterocycles. The molecule has 0 bridgehead atoms. The van der Waals surface area contributed by atoms with Crippen LogP contribution in [0.15, 0.2) is 36.4 Å². The molecular formula is C17H15O. The minimum absolute atomic E-state index is 0.906. The van der Waals surface area contributed by atoms with Gasteiger partial charge in [0.25, 0.3) is 0 Å². The summed E-state index contributed by atoms with van der Waals surface area (Å²) in [6.45, 7) is 4.25. The molecule has 0 saturated carbocycles. The van der Waals surface area contributed by atoms with E-state index in [1.807, 2.05) is 0 Å². The zero-order chi connectivity index (χ0) is 12.7. The predicted molar refractivity (Wildman–Crippen MR) is 74.9 cm³/mol. The SMILES string of the molecule is COc1cc2c(c(=C(C)C)c1)=[C]c1ccccc1-2. The quantitative estimate of drug-likeness (QED) is 0.630. The van der Waals surface area contributed by atoms with Crippen LogP contribution in [0.1, 0.15) is 19.4 Å². The maximum absolute atomic E-state index is 5.40. The minimum Gasteiger partial charge on any atom is -0.497 e. The molecule has 1 aliphatic rings. The zero-order valence-corrected chi connectivity index (χ0v) is 10.9. The largest absolute Gasteiger partial charge is 0.497 e. The molecule has 2 aromatic rings. The fraction of sp³-hybridized carbons (Fsp3) is 0.176. The number of rotatable bonds is 1. The van der Waals surface area contributed by atoms with Crippen LogP contribution in [0.2, 0.25) is 0 Å². The van der Waals surface area contributed by atoms with Crippen LogP contribution in [-0.2, 0) is 0 Å². The molecular weight excluding hydrogens is 220 g/mol. The third-order valence-electron chi connectivity index (χ3n) is 3.36. The van der Waals surface area contributed by atoms with E-state index in [1.165, 1.54) is 32.7 Å². The summed E-state index contributed by atoms with van der Waals surface area (Å²) in [5, 5.41) is 2.41. The van der Waals surface area contributed by atoms with E-state index in [4.69, 9.17) is 4.74 Å². The lowest BCUT2D eigenvalue weighted by Crippen LogP contribution is -2.26. The van der Waals surface area contributed by atoms with E-state index < -0.39 is 0 Å². The molecule has 0 fully saturated rings. The lowest BCUT2D eigenvalue weighted by Gasteiger charge is -2.05. The molecule has 0 heterocycles. The van der Waals surface area contributed by atoms with Crippen LogP contribution < -0.4 is 15.2 Å². The van der Waals surface area contributed by atoms with E-state index in [9.17, 15) is 0 Å². The van der Waals surface area contributed by atoms with E-state index in [0.717, 1.165) is 5.75 Å². The highest BCUT2D eigenvalue weighted by Crippen LogP contribution is 2.27. The summed E-state index contributed by atoms with van der Waals surface area (Å²) in [7, 11) is 1.71. The Labute approximate surface area is 107 Å². The number of hydrogen-bond acceptors (Lipinski definition) is 1. The van der Waals surface area contributed by atoms with Crippen molar-refractivity contribution >= 4 is 11.6 Å². The summed E-state index contributed by atoms with van der Waals surface area (Å²) in [5.74, 6) is 0.906. The summed E-state index contributed by atoms with van der Waals surface area (Å²) < 4.78 is 5.40. The van der Waals surface area contributed by atoms with Gasteiger partial charge < -0.3 is 4.74 Å². The van der Waals surface area contributed by atoms with Gasteiger partial charge in [0.1, 0.15) is 5.75 Å². The fourth-order valence-electron chi connectivity index (χ4n) is 2.44. The third-order valence-corrected chi connectivity index (χ3v) is 3.36. The molecule has 1 aliphatic carbocycles. The highest BCUT2D eigenvalue weighted by atomic mass is 16.5. The molecule has 0 aliphatic heterocycles. The second-order valence-electron chi connectivity index (χ2n) is 4.77. The van der Waals surface area contributed by atoms with Crippen LogP contribution in [0, 0.1) is 0 Å². The van der Waals surface area contributed by atoms with Crippen molar-refractivity contribution in [3.05, 3.63) is 52.4 Å². The van der Waals surface area contributed by atoms with Gasteiger partial charge in [0.2, 0.25) is 0 Å². The first kappa shape index (κ1) is 11.1. The third kappa shape index (κ3) is 1.55. The molecule has 0 N–H and O–H groups in total. The normalized spacial score (nSPS) is 11.5. The molecule has 3 rings (SSSR count). The fourth-order valence-corrected chi connectivity index (χ4v) is 2.44. The Kier molecular flexibility index (Phi) is 2.48. The lowest BCUT2D eigenvalue weighted by atomic mass is 10.0. The number of hydrogen-bond donors (Lipinski definition) is 0. The van der Waals surface area contributed by atoms with Crippen molar-refractivity contribution in [3.63, 3.8) is 0 Å². The van der Waals surface area contributed by atoms with Gasteiger partial charge in [-0.15, -0.1) is 0 Å². The van der Waals surface area contributed by atoms with Crippen LogP contribution in [0.4, 0.5) is 0 Å². The van der Waals surface area contributed by atoms with Gasteiger partial charge in [-0.05, 0) is 59.2 Å². The molecule has 1 nitrogen and oxygen atoms in total. The van der Waals surface area contributed by atoms with E-state index in [0.29, 0.717) is 0 Å². The molecule has 0 saturated heterocycles. The van der Waals surface area contributed by atoms with Crippen LogP contribution in [0.3, 0.4) is 0 Å². The van der Waals surface area contributed by atoms with Gasteiger partial charge in [0, 0.05) is 0 Å². The van der Waals surface area contributed by atoms with Crippen molar-refractivity contribution in [2.45, 2.75) is 13.8 Å². The first-order chi connectivity index (χ1) is 8.70. The Bertz CT molecular complexity index is 735. The van der Waals surface area contributed by atoms with Gasteiger partial charge in [-0.3, -0.25) is 0 Å². The van der Waals surface area contributed by atoms with Gasteiger partial charge in [-0.2, -0.15) is 0 Å². The lowest BCUT2D eigenvalue weighted by molar-refractivity contribution is 0.414. The van der Waals surface area contributed by atoms with Gasteiger partial charge in [0.05, 0.1) is 7.11 Å². The van der Waals surface area contributed by atoms with Crippen molar-refractivity contribution in [2.24, 2.45) is 0 Å². The van der Waals surface area contributed by atoms with Crippen LogP contribution in [-0.4, -0.2) is 7.11 Å². The number of benzene rings is 2. The second kappa shape index (κ2) is 4.02. The molecule has 2 aromatic carbocycles. The van der Waals surface area contributed by atoms with Gasteiger partial charge in [-0.1, -0.05) is 29.8 Å². The molecule has 18 heavy (non-hydrogen) atoms. The van der Waals surface area contributed by atoms with Crippen molar-refractivity contribution in [3.8, 4) is 16.9 Å². The summed E-state index contributed by atoms with van der Waals surface area (Å²) in [5.41, 5.74) is 4.92. The summed E-state index contributed by atoms with van der Waals surface area (Å²) in [4.78, 5) is 0. The number of ether oxygens (including phenoxy) is 1. The van der Waals surface area contributed by atoms with Crippen LogP contribution in [0.5, 0.6) is 5.75 Å². The van der Waals surface area contributed by atoms with Crippen LogP contribution >= 0.6 is 0 Å². The average molecular weight is 235 g/mol. The first-order valence-corrected chi connectivity index (χ1v) is 6.09. The standard InChI is InChI=1S/C17H15O/c1-11(2)15-9-13(18-3)10-17-14-7-5-4-6-12(14)8-16(15)17/h4-7,9-10H,1-3H3. The smallest absolute Gasteiger partial charge is 0.120 e. The first-order valence-electron chi connectivity index (χ1n) is 6.09. The summed E-state index contributed by atoms with van der Waals surface area (Å²) in [6, 6.07) is 12.6. The summed E-state index contributed by atoms with van der Waals surface area (Å²) >= 11 is 0. The van der Waals surface area contributed by atoms with E-state index in [2.05, 4.69) is 56.3 Å². The molecule has 0 amide bonds. The highest BCUT2D eigenvalue weighted by molar-refractivity contribution is 5.83. The predicted octanol–water partition coefficient (Wildman–Crippen LogP) is 2.57. The van der Waals surface area contributed by atoms with Gasteiger partial charge in [0.15, 0.2) is 0 Å². The molecule has 1 heteroatoms. The number of methoxy groups -OCH3 is 1. The monoisotopic (exact) mass is 235 g/mol. The van der Waals surface area contributed by atoms with Crippen molar-refractivity contribution in [2.75, 3.05) is 7.11 Å². The molecule has 0 spiro atoms. The van der Waals surface area contributed by atoms with Crippen molar-refractivity contribution in [1.29, 1.82) is 0 Å². The molecule has 1 radical (unpaired) electrons. The average Bonchev–Trinajstić information content (AvgIpc) is 2.75. The van der Waals surface area contributed by atoms with Crippen molar-refractivity contribution in [1.82, 2.24) is 0 Å².